The molecular formula is C27H29Cl2N3O3. The molecule has 1 aromatic heterocycles. The van der Waals surface area contributed by atoms with Crippen LogP contribution in [0.15, 0.2) is 48.5 Å². The number of unbranched alkanes of at least 4 members (excludes halogenated alkanes) is 1. The van der Waals surface area contributed by atoms with Crippen molar-refractivity contribution >= 4 is 45.8 Å². The van der Waals surface area contributed by atoms with Crippen molar-refractivity contribution < 1.29 is 14.3 Å². The molecule has 184 valence electrons. The zero-order valence-electron chi connectivity index (χ0n) is 19.6. The molecular weight excluding hydrogens is 485 g/mol. The third kappa shape index (κ3) is 6.18. The first kappa shape index (κ1) is 24.2. The fourth-order valence-corrected chi connectivity index (χ4v) is 4.72. The molecule has 2 aromatic carbocycles. The van der Waals surface area contributed by atoms with Crippen LogP contribution in [0.1, 0.15) is 25.7 Å². The second-order valence-corrected chi connectivity index (χ2v) is 9.94. The number of halogens is 2. The number of rotatable bonds is 9. The van der Waals surface area contributed by atoms with Crippen molar-refractivity contribution in [2.24, 2.45) is 5.92 Å². The van der Waals surface area contributed by atoms with Crippen molar-refractivity contribution in [2.75, 3.05) is 44.2 Å². The SMILES string of the molecule is O=C(Oc1ccc2ccc(OCCCCN3CCN(c4cccc(Cl)c4Cl)CC3)cc2n1)C1CC1. The van der Waals surface area contributed by atoms with Gasteiger partial charge in [-0.2, -0.15) is 0 Å². The Balaban J connectivity index is 1.04. The summed E-state index contributed by atoms with van der Waals surface area (Å²) in [6.07, 6.45) is 3.88. The third-order valence-electron chi connectivity index (χ3n) is 6.54. The number of benzene rings is 2. The molecule has 0 N–H and O–H groups in total. The summed E-state index contributed by atoms with van der Waals surface area (Å²) in [6.45, 7) is 5.61. The van der Waals surface area contributed by atoms with E-state index in [-0.39, 0.29) is 11.9 Å². The highest BCUT2D eigenvalue weighted by molar-refractivity contribution is 6.43. The van der Waals surface area contributed by atoms with Gasteiger partial charge in [0.1, 0.15) is 5.75 Å². The summed E-state index contributed by atoms with van der Waals surface area (Å²) in [6, 6.07) is 15.3. The highest BCUT2D eigenvalue weighted by atomic mass is 35.5. The van der Waals surface area contributed by atoms with E-state index >= 15 is 0 Å². The maximum Gasteiger partial charge on any atom is 0.315 e. The van der Waals surface area contributed by atoms with Crippen molar-refractivity contribution in [3.8, 4) is 11.6 Å². The largest absolute Gasteiger partial charge is 0.494 e. The lowest BCUT2D eigenvalue weighted by molar-refractivity contribution is -0.136. The minimum atomic E-state index is -0.182. The van der Waals surface area contributed by atoms with E-state index in [2.05, 4.69) is 14.8 Å². The van der Waals surface area contributed by atoms with E-state index in [4.69, 9.17) is 32.7 Å². The molecule has 0 amide bonds. The minimum Gasteiger partial charge on any atom is -0.494 e. The Morgan fingerprint density at radius 3 is 2.60 bits per heavy atom. The van der Waals surface area contributed by atoms with Gasteiger partial charge >= 0.3 is 5.97 Å². The number of anilines is 1. The Labute approximate surface area is 215 Å². The molecule has 0 spiro atoms. The quantitative estimate of drug-likeness (QED) is 0.264. The van der Waals surface area contributed by atoms with Crippen molar-refractivity contribution in [2.45, 2.75) is 25.7 Å². The molecule has 1 saturated heterocycles. The van der Waals surface area contributed by atoms with Crippen LogP contribution in [0.3, 0.4) is 0 Å². The third-order valence-corrected chi connectivity index (χ3v) is 7.34. The van der Waals surface area contributed by atoms with E-state index in [1.807, 2.05) is 42.5 Å². The van der Waals surface area contributed by atoms with Crippen LogP contribution in [0.5, 0.6) is 11.6 Å². The van der Waals surface area contributed by atoms with Gasteiger partial charge in [-0.3, -0.25) is 9.69 Å². The van der Waals surface area contributed by atoms with E-state index in [9.17, 15) is 4.79 Å². The molecule has 6 nitrogen and oxygen atoms in total. The van der Waals surface area contributed by atoms with Gasteiger partial charge in [0.25, 0.3) is 0 Å². The second kappa shape index (κ2) is 11.0. The van der Waals surface area contributed by atoms with Crippen LogP contribution in [0, 0.1) is 5.92 Å². The van der Waals surface area contributed by atoms with Gasteiger partial charge in [-0.15, -0.1) is 0 Å². The van der Waals surface area contributed by atoms with E-state index in [0.29, 0.717) is 22.5 Å². The molecule has 0 radical (unpaired) electrons. The van der Waals surface area contributed by atoms with Gasteiger partial charge in [-0.05, 0) is 62.6 Å². The molecule has 1 aliphatic heterocycles. The molecule has 1 aliphatic carbocycles. The summed E-state index contributed by atoms with van der Waals surface area (Å²) in [4.78, 5) is 21.2. The molecule has 3 aromatic rings. The van der Waals surface area contributed by atoms with Crippen LogP contribution in [0.25, 0.3) is 10.9 Å². The number of pyridine rings is 1. The lowest BCUT2D eigenvalue weighted by Gasteiger charge is -2.36. The molecule has 1 saturated carbocycles. The molecule has 5 rings (SSSR count). The minimum absolute atomic E-state index is 0.0486. The summed E-state index contributed by atoms with van der Waals surface area (Å²) >= 11 is 12.5. The summed E-state index contributed by atoms with van der Waals surface area (Å²) in [5.41, 5.74) is 1.78. The number of aromatic nitrogens is 1. The van der Waals surface area contributed by atoms with Crippen LogP contribution >= 0.6 is 23.2 Å². The summed E-state index contributed by atoms with van der Waals surface area (Å²) in [7, 11) is 0. The molecule has 0 bridgehead atoms. The van der Waals surface area contributed by atoms with Crippen LogP contribution in [0.2, 0.25) is 10.0 Å². The predicted octanol–water partition coefficient (Wildman–Crippen LogP) is 5.84. The number of nitrogens with zero attached hydrogens (tertiary/aromatic N) is 3. The van der Waals surface area contributed by atoms with Crippen molar-refractivity contribution in [3.05, 3.63) is 58.6 Å². The van der Waals surface area contributed by atoms with E-state index in [1.54, 1.807) is 6.07 Å². The maximum atomic E-state index is 11.9. The number of hydrogen-bond acceptors (Lipinski definition) is 6. The Kier molecular flexibility index (Phi) is 7.61. The molecule has 8 heteroatoms. The van der Waals surface area contributed by atoms with Gasteiger partial charge in [0.2, 0.25) is 5.88 Å². The monoisotopic (exact) mass is 513 g/mol. The number of ether oxygens (including phenoxy) is 2. The lowest BCUT2D eigenvalue weighted by Crippen LogP contribution is -2.46. The van der Waals surface area contributed by atoms with Crippen LogP contribution < -0.4 is 14.4 Å². The first-order valence-electron chi connectivity index (χ1n) is 12.2. The molecule has 0 unspecified atom stereocenters. The molecule has 2 fully saturated rings. The molecule has 0 atom stereocenters. The van der Waals surface area contributed by atoms with Gasteiger partial charge in [0.05, 0.1) is 33.8 Å². The normalized spacial score (nSPS) is 16.5. The Morgan fingerprint density at radius 2 is 1.80 bits per heavy atom. The number of fused-ring (bicyclic) bond motifs is 1. The highest BCUT2D eigenvalue weighted by Crippen LogP contribution is 2.33. The average Bonchev–Trinajstić information content (AvgIpc) is 3.72. The van der Waals surface area contributed by atoms with Gasteiger partial charge in [0, 0.05) is 43.7 Å². The zero-order valence-corrected chi connectivity index (χ0v) is 21.1. The zero-order chi connectivity index (χ0) is 24.2. The summed E-state index contributed by atoms with van der Waals surface area (Å²) in [5.74, 6) is 0.999. The van der Waals surface area contributed by atoms with Crippen LogP contribution in [0.4, 0.5) is 5.69 Å². The number of esters is 1. The molecule has 2 heterocycles. The number of hydrogen-bond donors (Lipinski definition) is 0. The van der Waals surface area contributed by atoms with E-state index in [1.165, 1.54) is 0 Å². The average molecular weight is 514 g/mol. The molecule has 2 aliphatic rings. The van der Waals surface area contributed by atoms with Crippen LogP contribution in [-0.2, 0) is 4.79 Å². The molecule has 35 heavy (non-hydrogen) atoms. The standard InChI is InChI=1S/C27H29Cl2N3O3/c28-22-4-3-5-24(26(22)29)32-15-13-31(14-16-32)12-1-2-17-34-21-10-8-19-9-11-25(30-23(19)18-21)35-27(33)20-6-7-20/h3-5,8-11,18,20H,1-2,6-7,12-17H2. The second-order valence-electron chi connectivity index (χ2n) is 9.16. The highest BCUT2D eigenvalue weighted by Gasteiger charge is 2.31. The predicted molar refractivity (Wildman–Crippen MR) is 140 cm³/mol. The summed E-state index contributed by atoms with van der Waals surface area (Å²) < 4.78 is 11.4. The maximum absolute atomic E-state index is 11.9. The topological polar surface area (TPSA) is 54.9 Å². The van der Waals surface area contributed by atoms with Gasteiger partial charge in [-0.1, -0.05) is 29.3 Å². The Bertz CT molecular complexity index is 1190. The van der Waals surface area contributed by atoms with Crippen molar-refractivity contribution in [1.82, 2.24) is 9.88 Å². The Hall–Kier alpha value is -2.54. The summed E-state index contributed by atoms with van der Waals surface area (Å²) in [5, 5.41) is 2.23. The van der Waals surface area contributed by atoms with E-state index < -0.39 is 0 Å². The lowest BCUT2D eigenvalue weighted by atomic mass is 10.2. The van der Waals surface area contributed by atoms with Crippen molar-refractivity contribution in [1.29, 1.82) is 0 Å². The smallest absolute Gasteiger partial charge is 0.315 e. The van der Waals surface area contributed by atoms with Crippen LogP contribution in [-0.4, -0.2) is 55.2 Å². The van der Waals surface area contributed by atoms with Gasteiger partial charge in [0.15, 0.2) is 0 Å². The fourth-order valence-electron chi connectivity index (χ4n) is 4.31. The van der Waals surface area contributed by atoms with Gasteiger partial charge < -0.3 is 14.4 Å². The fraction of sp³-hybridized carbons (Fsp3) is 0.407. The van der Waals surface area contributed by atoms with Gasteiger partial charge in [-0.25, -0.2) is 4.98 Å². The number of carbonyl (C=O) groups excluding carboxylic acids is 1. The number of carbonyl (C=O) groups is 1. The first-order chi connectivity index (χ1) is 17.1. The number of piperazine rings is 1. The van der Waals surface area contributed by atoms with E-state index in [0.717, 1.165) is 80.7 Å². The first-order valence-corrected chi connectivity index (χ1v) is 13.0. The Morgan fingerprint density at radius 1 is 1.00 bits per heavy atom. The van der Waals surface area contributed by atoms with Crippen molar-refractivity contribution in [3.63, 3.8) is 0 Å².